The predicted octanol–water partition coefficient (Wildman–Crippen LogP) is 2.97. The molecule has 4 heteroatoms. The van der Waals surface area contributed by atoms with Crippen molar-refractivity contribution >= 4 is 23.1 Å². The third-order valence-corrected chi connectivity index (χ3v) is 6.13. The van der Waals surface area contributed by atoms with Crippen LogP contribution in [0.15, 0.2) is 12.1 Å². The summed E-state index contributed by atoms with van der Waals surface area (Å²) in [5, 5.41) is 0.695. The third kappa shape index (κ3) is 3.71. The number of aryl methyl sites for hydroxylation is 1. The molecule has 96 valence electrons. The first-order valence-electron chi connectivity index (χ1n) is 6.48. The van der Waals surface area contributed by atoms with Crippen LogP contribution in [0.2, 0.25) is 0 Å². The van der Waals surface area contributed by atoms with Gasteiger partial charge in [-0.2, -0.15) is 11.8 Å². The summed E-state index contributed by atoms with van der Waals surface area (Å²) in [6, 6.07) is 4.95. The largest absolute Gasteiger partial charge is 0.271 e. The molecular weight excluding hydrogens is 248 g/mol. The molecule has 0 spiro atoms. The van der Waals surface area contributed by atoms with E-state index in [9.17, 15) is 0 Å². The van der Waals surface area contributed by atoms with Crippen LogP contribution in [0, 0.1) is 0 Å². The zero-order valence-corrected chi connectivity index (χ0v) is 12.1. The molecule has 1 saturated heterocycles. The molecule has 0 radical (unpaired) electrons. The SMILES string of the molecule is CCc1ccc(CC(NN)C2CCCCS2)s1. The lowest BCUT2D eigenvalue weighted by molar-refractivity contribution is 0.474. The van der Waals surface area contributed by atoms with Crippen molar-refractivity contribution in [1.82, 2.24) is 5.43 Å². The van der Waals surface area contributed by atoms with Gasteiger partial charge in [0.1, 0.15) is 0 Å². The molecule has 2 unspecified atom stereocenters. The highest BCUT2D eigenvalue weighted by molar-refractivity contribution is 8.00. The van der Waals surface area contributed by atoms with Crippen LogP contribution in [0.1, 0.15) is 35.9 Å². The fraction of sp³-hybridized carbons (Fsp3) is 0.692. The van der Waals surface area contributed by atoms with E-state index >= 15 is 0 Å². The fourth-order valence-corrected chi connectivity index (χ4v) is 4.75. The highest BCUT2D eigenvalue weighted by atomic mass is 32.2. The Balaban J connectivity index is 1.93. The maximum atomic E-state index is 5.73. The second kappa shape index (κ2) is 6.78. The van der Waals surface area contributed by atoms with Gasteiger partial charge in [0.25, 0.3) is 0 Å². The molecule has 0 aromatic carbocycles. The van der Waals surface area contributed by atoms with Gasteiger partial charge >= 0.3 is 0 Å². The van der Waals surface area contributed by atoms with Crippen molar-refractivity contribution in [2.24, 2.45) is 5.84 Å². The summed E-state index contributed by atoms with van der Waals surface area (Å²) in [4.78, 5) is 2.95. The quantitative estimate of drug-likeness (QED) is 0.638. The number of thiophene rings is 1. The summed E-state index contributed by atoms with van der Waals surface area (Å²) in [5.41, 5.74) is 3.03. The molecule has 0 bridgehead atoms. The summed E-state index contributed by atoms with van der Waals surface area (Å²) in [6.45, 7) is 2.21. The van der Waals surface area contributed by atoms with Gasteiger partial charge in [0.15, 0.2) is 0 Å². The van der Waals surface area contributed by atoms with Gasteiger partial charge < -0.3 is 0 Å². The Bertz CT molecular complexity index is 332. The van der Waals surface area contributed by atoms with E-state index in [2.05, 4.69) is 36.2 Å². The van der Waals surface area contributed by atoms with Gasteiger partial charge in [-0.25, -0.2) is 0 Å². The molecule has 2 heterocycles. The fourth-order valence-electron chi connectivity index (χ4n) is 2.32. The van der Waals surface area contributed by atoms with E-state index in [1.165, 1.54) is 34.8 Å². The van der Waals surface area contributed by atoms with Gasteiger partial charge in [-0.05, 0) is 43.6 Å². The Morgan fingerprint density at radius 1 is 1.41 bits per heavy atom. The number of hydrazine groups is 1. The molecule has 1 aliphatic rings. The minimum absolute atomic E-state index is 0.434. The zero-order valence-electron chi connectivity index (χ0n) is 10.4. The molecule has 0 amide bonds. The Morgan fingerprint density at radius 2 is 2.24 bits per heavy atom. The number of rotatable bonds is 5. The van der Waals surface area contributed by atoms with E-state index in [0.29, 0.717) is 11.3 Å². The van der Waals surface area contributed by atoms with E-state index in [1.807, 2.05) is 11.3 Å². The summed E-state index contributed by atoms with van der Waals surface area (Å²) >= 11 is 4.03. The first-order valence-corrected chi connectivity index (χ1v) is 8.35. The van der Waals surface area contributed by atoms with Crippen molar-refractivity contribution in [3.63, 3.8) is 0 Å². The molecule has 1 aromatic rings. The number of nitrogens with one attached hydrogen (secondary N) is 1. The second-order valence-electron chi connectivity index (χ2n) is 4.60. The van der Waals surface area contributed by atoms with Crippen molar-refractivity contribution < 1.29 is 0 Å². The van der Waals surface area contributed by atoms with Crippen molar-refractivity contribution in [2.75, 3.05) is 5.75 Å². The van der Waals surface area contributed by atoms with E-state index in [0.717, 1.165) is 12.8 Å². The minimum Gasteiger partial charge on any atom is -0.271 e. The molecular formula is C13H22N2S2. The summed E-state index contributed by atoms with van der Waals surface area (Å²) < 4.78 is 0. The van der Waals surface area contributed by atoms with E-state index in [1.54, 1.807) is 0 Å². The molecule has 1 aliphatic heterocycles. The molecule has 1 aromatic heterocycles. The Labute approximate surface area is 112 Å². The average Bonchev–Trinajstić information content (AvgIpc) is 2.84. The van der Waals surface area contributed by atoms with Crippen LogP contribution in [0.4, 0.5) is 0 Å². The number of nitrogens with two attached hydrogens (primary N) is 1. The van der Waals surface area contributed by atoms with Crippen molar-refractivity contribution in [2.45, 2.75) is 50.3 Å². The van der Waals surface area contributed by atoms with Gasteiger partial charge in [0.2, 0.25) is 0 Å². The predicted molar refractivity (Wildman–Crippen MR) is 78.6 cm³/mol. The van der Waals surface area contributed by atoms with Crippen LogP contribution in [-0.4, -0.2) is 17.0 Å². The van der Waals surface area contributed by atoms with Gasteiger partial charge in [-0.1, -0.05) is 13.3 Å². The maximum absolute atomic E-state index is 5.73. The van der Waals surface area contributed by atoms with E-state index in [4.69, 9.17) is 5.84 Å². The molecule has 3 N–H and O–H groups in total. The van der Waals surface area contributed by atoms with Gasteiger partial charge in [0, 0.05) is 21.0 Å². The standard InChI is InChI=1S/C13H22N2S2/c1-2-10-6-7-11(17-10)9-12(15-14)13-5-3-4-8-16-13/h6-7,12-13,15H,2-5,8-9,14H2,1H3. The Morgan fingerprint density at radius 3 is 2.82 bits per heavy atom. The lowest BCUT2D eigenvalue weighted by Crippen LogP contribution is -2.44. The summed E-state index contributed by atoms with van der Waals surface area (Å²) in [5.74, 6) is 7.03. The van der Waals surface area contributed by atoms with Gasteiger partial charge in [0.05, 0.1) is 0 Å². The summed E-state index contributed by atoms with van der Waals surface area (Å²) in [6.07, 6.45) is 6.27. The van der Waals surface area contributed by atoms with Gasteiger partial charge in [-0.3, -0.25) is 11.3 Å². The molecule has 17 heavy (non-hydrogen) atoms. The third-order valence-electron chi connectivity index (χ3n) is 3.36. The highest BCUT2D eigenvalue weighted by Crippen LogP contribution is 2.29. The smallest absolute Gasteiger partial charge is 0.0377 e. The second-order valence-corrected chi connectivity index (χ2v) is 7.20. The minimum atomic E-state index is 0.434. The van der Waals surface area contributed by atoms with Crippen LogP contribution in [0.3, 0.4) is 0 Å². The monoisotopic (exact) mass is 270 g/mol. The van der Waals surface area contributed by atoms with E-state index < -0.39 is 0 Å². The van der Waals surface area contributed by atoms with Crippen LogP contribution < -0.4 is 11.3 Å². The van der Waals surface area contributed by atoms with Gasteiger partial charge in [-0.15, -0.1) is 11.3 Å². The van der Waals surface area contributed by atoms with Crippen LogP contribution in [0.25, 0.3) is 0 Å². The van der Waals surface area contributed by atoms with Crippen molar-refractivity contribution in [1.29, 1.82) is 0 Å². The first kappa shape index (κ1) is 13.4. The van der Waals surface area contributed by atoms with Crippen LogP contribution in [-0.2, 0) is 12.8 Å². The first-order chi connectivity index (χ1) is 8.33. The number of thioether (sulfide) groups is 1. The van der Waals surface area contributed by atoms with Crippen LogP contribution in [0.5, 0.6) is 0 Å². The summed E-state index contributed by atoms with van der Waals surface area (Å²) in [7, 11) is 0. The highest BCUT2D eigenvalue weighted by Gasteiger charge is 2.23. The molecule has 2 atom stereocenters. The maximum Gasteiger partial charge on any atom is 0.0377 e. The van der Waals surface area contributed by atoms with E-state index in [-0.39, 0.29) is 0 Å². The lowest BCUT2D eigenvalue weighted by Gasteiger charge is -2.29. The zero-order chi connectivity index (χ0) is 12.1. The number of hydrogen-bond donors (Lipinski definition) is 2. The normalized spacial score (nSPS) is 22.6. The Hall–Kier alpha value is -0.0300. The van der Waals surface area contributed by atoms with Crippen molar-refractivity contribution in [3.05, 3.63) is 21.9 Å². The average molecular weight is 270 g/mol. The lowest BCUT2D eigenvalue weighted by atomic mass is 10.0. The van der Waals surface area contributed by atoms with Crippen molar-refractivity contribution in [3.8, 4) is 0 Å². The number of hydrogen-bond acceptors (Lipinski definition) is 4. The van der Waals surface area contributed by atoms with Crippen LogP contribution >= 0.6 is 23.1 Å². The molecule has 0 aliphatic carbocycles. The molecule has 2 rings (SSSR count). The molecule has 1 fully saturated rings. The topological polar surface area (TPSA) is 38.0 Å². The Kier molecular flexibility index (Phi) is 5.35. The molecule has 2 nitrogen and oxygen atoms in total. The molecule has 0 saturated carbocycles.